The molecule has 0 aliphatic heterocycles. The van der Waals surface area contributed by atoms with Crippen LogP contribution in [0, 0.1) is 11.2 Å². The van der Waals surface area contributed by atoms with Crippen molar-refractivity contribution >= 4 is 17.2 Å². The van der Waals surface area contributed by atoms with E-state index in [4.69, 9.17) is 4.74 Å². The molecule has 194 valence electrons. The molecule has 1 aliphatic carbocycles. The Bertz CT molecular complexity index is 1310. The number of rotatable bonds is 10. The van der Waals surface area contributed by atoms with E-state index in [2.05, 4.69) is 31.3 Å². The molecule has 0 fully saturated rings. The zero-order chi connectivity index (χ0) is 26.6. The van der Waals surface area contributed by atoms with Gasteiger partial charge in [-0.3, -0.25) is 4.79 Å². The first kappa shape index (κ1) is 26.5. The number of carboxylic acid groups (broad SMARTS) is 1. The summed E-state index contributed by atoms with van der Waals surface area (Å²) in [5, 5.41) is 12.8. The molecule has 0 radical (unpaired) electrons. The summed E-state index contributed by atoms with van der Waals surface area (Å²) in [5.41, 5.74) is 6.77. The van der Waals surface area contributed by atoms with Crippen LogP contribution in [0.2, 0.25) is 0 Å². The number of ether oxygens (including phenoxy) is 1. The summed E-state index contributed by atoms with van der Waals surface area (Å²) < 4.78 is 20.4. The number of aliphatic carboxylic acids is 1. The van der Waals surface area contributed by atoms with Crippen molar-refractivity contribution in [2.24, 2.45) is 5.41 Å². The van der Waals surface area contributed by atoms with Crippen molar-refractivity contribution in [1.29, 1.82) is 0 Å². The molecule has 37 heavy (non-hydrogen) atoms. The molecular weight excluding hydrogens is 465 g/mol. The molecule has 5 heteroatoms. The van der Waals surface area contributed by atoms with Crippen LogP contribution in [0.3, 0.4) is 0 Å². The molecule has 0 saturated heterocycles. The van der Waals surface area contributed by atoms with E-state index in [-0.39, 0.29) is 23.6 Å². The fourth-order valence-corrected chi connectivity index (χ4v) is 5.28. The van der Waals surface area contributed by atoms with Crippen LogP contribution in [0.1, 0.15) is 69.1 Å². The predicted octanol–water partition coefficient (Wildman–Crippen LogP) is 8.29. The molecular formula is C32H36FNO3. The van der Waals surface area contributed by atoms with E-state index in [1.54, 1.807) is 19.2 Å². The van der Waals surface area contributed by atoms with Crippen molar-refractivity contribution in [1.82, 2.24) is 0 Å². The lowest BCUT2D eigenvalue weighted by Gasteiger charge is -2.26. The number of hydrogen-bond donors (Lipinski definition) is 2. The number of benzene rings is 3. The molecule has 0 amide bonds. The predicted molar refractivity (Wildman–Crippen MR) is 148 cm³/mol. The highest BCUT2D eigenvalue weighted by molar-refractivity contribution is 5.85. The fraction of sp³-hybridized carbons (Fsp3) is 0.344. The average Bonchev–Trinajstić information content (AvgIpc) is 3.25. The number of methoxy groups -OCH3 is 1. The number of nitrogens with one attached hydrogen (secondary N) is 1. The van der Waals surface area contributed by atoms with Gasteiger partial charge in [-0.25, -0.2) is 4.39 Å². The normalized spacial score (nSPS) is 15.2. The summed E-state index contributed by atoms with van der Waals surface area (Å²) in [4.78, 5) is 11.3. The van der Waals surface area contributed by atoms with E-state index in [0.717, 1.165) is 47.2 Å². The number of carbonyl (C=O) groups is 1. The zero-order valence-electron chi connectivity index (χ0n) is 22.1. The van der Waals surface area contributed by atoms with E-state index >= 15 is 4.39 Å². The summed E-state index contributed by atoms with van der Waals surface area (Å²) >= 11 is 0. The van der Waals surface area contributed by atoms with E-state index in [9.17, 15) is 9.90 Å². The van der Waals surface area contributed by atoms with Gasteiger partial charge in [-0.15, -0.1) is 0 Å². The van der Waals surface area contributed by atoms with Crippen LogP contribution in [0.5, 0.6) is 5.75 Å². The Morgan fingerprint density at radius 2 is 1.89 bits per heavy atom. The van der Waals surface area contributed by atoms with Gasteiger partial charge < -0.3 is 15.2 Å². The number of allylic oxidation sites excluding steroid dienone is 2. The molecule has 1 atom stereocenters. The van der Waals surface area contributed by atoms with Crippen LogP contribution < -0.4 is 10.1 Å². The van der Waals surface area contributed by atoms with Crippen LogP contribution in [0.4, 0.5) is 10.1 Å². The third-order valence-electron chi connectivity index (χ3n) is 7.45. The summed E-state index contributed by atoms with van der Waals surface area (Å²) in [7, 11) is 1.59. The lowest BCUT2D eigenvalue weighted by atomic mass is 9.79. The highest BCUT2D eigenvalue weighted by Crippen LogP contribution is 2.47. The van der Waals surface area contributed by atoms with Crippen LogP contribution in [0.25, 0.3) is 16.7 Å². The summed E-state index contributed by atoms with van der Waals surface area (Å²) in [6.45, 7) is 7.10. The van der Waals surface area contributed by atoms with E-state index in [1.807, 2.05) is 43.3 Å². The van der Waals surface area contributed by atoms with Gasteiger partial charge in [0, 0.05) is 17.8 Å². The second-order valence-electron chi connectivity index (χ2n) is 10.4. The standard InChI is InChI=1S/C32H36FNO3/c1-5-22(18-31(35)36)23-8-6-9-24(17-23)34-20-21-11-13-26(28-19-25(37-4)12-14-30(28)33)27(16-21)29-10-7-15-32(29,2)3/h6,8-14,16-17,19,22,34H,5,7,15,18,20H2,1-4H3,(H,35,36)/t22-/m1/s1. The van der Waals surface area contributed by atoms with Crippen molar-refractivity contribution in [3.8, 4) is 16.9 Å². The highest BCUT2D eigenvalue weighted by atomic mass is 19.1. The van der Waals surface area contributed by atoms with Crippen molar-refractivity contribution in [2.75, 3.05) is 12.4 Å². The monoisotopic (exact) mass is 501 g/mol. The van der Waals surface area contributed by atoms with Gasteiger partial charge in [0.25, 0.3) is 0 Å². The first-order valence-corrected chi connectivity index (χ1v) is 12.9. The van der Waals surface area contributed by atoms with Crippen molar-refractivity contribution in [2.45, 2.75) is 58.9 Å². The van der Waals surface area contributed by atoms with Crippen molar-refractivity contribution in [3.05, 3.63) is 89.2 Å². The number of halogens is 1. The maximum atomic E-state index is 15.0. The minimum Gasteiger partial charge on any atom is -0.497 e. The zero-order valence-corrected chi connectivity index (χ0v) is 22.1. The van der Waals surface area contributed by atoms with Crippen molar-refractivity contribution in [3.63, 3.8) is 0 Å². The quantitative estimate of drug-likeness (QED) is 0.293. The van der Waals surface area contributed by atoms with Gasteiger partial charge in [-0.05, 0) is 94.8 Å². The number of hydrogen-bond acceptors (Lipinski definition) is 3. The highest BCUT2D eigenvalue weighted by Gasteiger charge is 2.30. The van der Waals surface area contributed by atoms with E-state index in [0.29, 0.717) is 17.9 Å². The van der Waals surface area contributed by atoms with Gasteiger partial charge in [0.1, 0.15) is 11.6 Å². The van der Waals surface area contributed by atoms with Gasteiger partial charge in [0.2, 0.25) is 0 Å². The van der Waals surface area contributed by atoms with E-state index in [1.165, 1.54) is 11.6 Å². The average molecular weight is 502 g/mol. The maximum absolute atomic E-state index is 15.0. The largest absolute Gasteiger partial charge is 0.497 e. The molecule has 3 aromatic carbocycles. The molecule has 2 N–H and O–H groups in total. The third-order valence-corrected chi connectivity index (χ3v) is 7.45. The first-order valence-electron chi connectivity index (χ1n) is 12.9. The van der Waals surface area contributed by atoms with Crippen LogP contribution in [-0.2, 0) is 11.3 Å². The minimum absolute atomic E-state index is 0.00375. The fourth-order valence-electron chi connectivity index (χ4n) is 5.28. The second-order valence-corrected chi connectivity index (χ2v) is 10.4. The first-order chi connectivity index (χ1) is 17.7. The Kier molecular flexibility index (Phi) is 8.01. The molecule has 0 heterocycles. The maximum Gasteiger partial charge on any atom is 0.303 e. The topological polar surface area (TPSA) is 58.6 Å². The lowest BCUT2D eigenvalue weighted by molar-refractivity contribution is -0.137. The van der Waals surface area contributed by atoms with Gasteiger partial charge in [0.15, 0.2) is 0 Å². The van der Waals surface area contributed by atoms with Crippen LogP contribution >= 0.6 is 0 Å². The minimum atomic E-state index is -0.783. The van der Waals surface area contributed by atoms with Crippen molar-refractivity contribution < 1.29 is 19.0 Å². The molecule has 0 bridgehead atoms. The Morgan fingerprint density at radius 1 is 1.08 bits per heavy atom. The van der Waals surface area contributed by atoms with Gasteiger partial charge >= 0.3 is 5.97 Å². The number of carboxylic acids is 1. The van der Waals surface area contributed by atoms with E-state index < -0.39 is 5.97 Å². The smallest absolute Gasteiger partial charge is 0.303 e. The lowest BCUT2D eigenvalue weighted by Crippen LogP contribution is -2.11. The Labute approximate surface area is 219 Å². The van der Waals surface area contributed by atoms with Gasteiger partial charge in [0.05, 0.1) is 13.5 Å². The Morgan fingerprint density at radius 3 is 2.57 bits per heavy atom. The van der Waals surface area contributed by atoms with Crippen LogP contribution in [0.15, 0.2) is 66.7 Å². The second kappa shape index (κ2) is 11.2. The number of anilines is 1. The molecule has 0 aromatic heterocycles. The summed E-state index contributed by atoms with van der Waals surface area (Å²) in [5.74, 6) is -0.442. The molecule has 4 rings (SSSR count). The summed E-state index contributed by atoms with van der Waals surface area (Å²) in [6.07, 6.45) is 5.24. The van der Waals surface area contributed by atoms with Gasteiger partial charge in [-0.2, -0.15) is 0 Å². The molecule has 0 unspecified atom stereocenters. The summed E-state index contributed by atoms with van der Waals surface area (Å²) in [6, 6.07) is 19.1. The molecule has 1 aliphatic rings. The Balaban J connectivity index is 1.66. The Hall–Kier alpha value is -3.60. The molecule has 3 aromatic rings. The molecule has 0 spiro atoms. The third kappa shape index (κ3) is 6.04. The van der Waals surface area contributed by atoms with Gasteiger partial charge in [-0.1, -0.05) is 51.1 Å². The molecule has 0 saturated carbocycles. The molecule has 4 nitrogen and oxygen atoms in total. The van der Waals surface area contributed by atoms with Crippen LogP contribution in [-0.4, -0.2) is 18.2 Å². The SMILES string of the molecule is CC[C@H](CC(=O)O)c1cccc(NCc2ccc(-c3cc(OC)ccc3F)c(C3=CCCC3(C)C)c2)c1.